The van der Waals surface area contributed by atoms with Crippen LogP contribution in [0.4, 0.5) is 19.1 Å². The summed E-state index contributed by atoms with van der Waals surface area (Å²) in [5.41, 5.74) is 1.96. The Bertz CT molecular complexity index is 1700. The molecule has 0 spiro atoms. The van der Waals surface area contributed by atoms with Gasteiger partial charge in [-0.2, -0.15) is 13.2 Å². The second-order valence-electron chi connectivity index (χ2n) is 8.38. The predicted octanol–water partition coefficient (Wildman–Crippen LogP) is 5.02. The third-order valence-electron chi connectivity index (χ3n) is 5.72. The Labute approximate surface area is 225 Å². The van der Waals surface area contributed by atoms with Gasteiger partial charge in [0.2, 0.25) is 16.0 Å². The molecule has 0 radical (unpaired) electrons. The molecule has 0 bridgehead atoms. The van der Waals surface area contributed by atoms with Gasteiger partial charge in [-0.25, -0.2) is 28.1 Å². The molecule has 0 unspecified atom stereocenters. The van der Waals surface area contributed by atoms with E-state index < -0.39 is 21.8 Å². The highest BCUT2D eigenvalue weighted by atomic mass is 32.2. The summed E-state index contributed by atoms with van der Waals surface area (Å²) in [7, 11) is -3.95. The van der Waals surface area contributed by atoms with Crippen LogP contribution < -0.4 is 10.0 Å². The lowest BCUT2D eigenvalue weighted by molar-refractivity contribution is -0.137. The van der Waals surface area contributed by atoms with Crippen LogP contribution in [0, 0.1) is 0 Å². The third kappa shape index (κ3) is 5.87. The number of aromatic hydroxyl groups is 1. The van der Waals surface area contributed by atoms with Gasteiger partial charge in [-0.05, 0) is 61.0 Å². The molecule has 39 heavy (non-hydrogen) atoms. The Kier molecular flexibility index (Phi) is 7.25. The zero-order valence-electron chi connectivity index (χ0n) is 20.1. The largest absolute Gasteiger partial charge is 0.508 e. The topological polar surface area (TPSA) is 122 Å². The fourth-order valence-corrected chi connectivity index (χ4v) is 5.62. The van der Waals surface area contributed by atoms with E-state index in [-0.39, 0.29) is 17.2 Å². The number of thiazole rings is 1. The molecule has 0 fully saturated rings. The smallest absolute Gasteiger partial charge is 0.416 e. The fraction of sp³-hybridized carbons (Fsp3) is 0.160. The summed E-state index contributed by atoms with van der Waals surface area (Å²) in [4.78, 5) is 14.1. The molecule has 3 aromatic heterocycles. The monoisotopic (exact) mass is 574 g/mol. The number of nitrogens with one attached hydrogen (secondary N) is 2. The SMILES string of the molecule is O=S(=O)(NCCCNc1nccc(-c2c(-c3ccc(O)cc3)nc3sccn23)n1)c1ccc(C(F)(F)F)cc1. The first kappa shape index (κ1) is 26.6. The second kappa shape index (κ2) is 10.6. The number of benzene rings is 2. The Morgan fingerprint density at radius 2 is 1.72 bits per heavy atom. The molecule has 5 rings (SSSR count). The van der Waals surface area contributed by atoms with Gasteiger partial charge in [0.25, 0.3) is 0 Å². The Morgan fingerprint density at radius 3 is 2.44 bits per heavy atom. The second-order valence-corrected chi connectivity index (χ2v) is 11.0. The number of fused-ring (bicyclic) bond motifs is 1. The molecule has 0 saturated carbocycles. The molecular formula is C25H21F3N6O3S2. The number of phenolic OH excluding ortho intramolecular Hbond substituents is 1. The number of phenols is 1. The van der Waals surface area contributed by atoms with Crippen molar-refractivity contribution in [2.45, 2.75) is 17.5 Å². The number of rotatable bonds is 9. The maximum Gasteiger partial charge on any atom is 0.416 e. The first-order valence-corrected chi connectivity index (χ1v) is 14.0. The minimum atomic E-state index is -4.54. The van der Waals surface area contributed by atoms with Crippen molar-refractivity contribution in [3.05, 3.63) is 77.9 Å². The lowest BCUT2D eigenvalue weighted by atomic mass is 10.1. The normalized spacial score (nSPS) is 12.2. The number of hydrogen-bond donors (Lipinski definition) is 3. The molecule has 202 valence electrons. The minimum Gasteiger partial charge on any atom is -0.508 e. The van der Waals surface area contributed by atoms with E-state index in [1.807, 2.05) is 16.0 Å². The molecular weight excluding hydrogens is 553 g/mol. The molecule has 3 heterocycles. The number of nitrogens with zero attached hydrogens (tertiary/aromatic N) is 4. The van der Waals surface area contributed by atoms with Gasteiger partial charge in [-0.15, -0.1) is 11.3 Å². The van der Waals surface area contributed by atoms with Crippen molar-refractivity contribution in [2.75, 3.05) is 18.4 Å². The van der Waals surface area contributed by atoms with Gasteiger partial charge in [0.1, 0.15) is 11.4 Å². The van der Waals surface area contributed by atoms with Crippen molar-refractivity contribution in [1.82, 2.24) is 24.1 Å². The van der Waals surface area contributed by atoms with E-state index in [1.54, 1.807) is 36.5 Å². The lowest BCUT2D eigenvalue weighted by Crippen LogP contribution is -2.26. The third-order valence-corrected chi connectivity index (χ3v) is 7.96. The van der Waals surface area contributed by atoms with Gasteiger partial charge in [-0.1, -0.05) is 0 Å². The van der Waals surface area contributed by atoms with Crippen LogP contribution in [-0.2, 0) is 16.2 Å². The van der Waals surface area contributed by atoms with Crippen LogP contribution in [0.25, 0.3) is 27.6 Å². The number of hydrogen-bond acceptors (Lipinski definition) is 8. The quantitative estimate of drug-likeness (QED) is 0.211. The zero-order valence-corrected chi connectivity index (χ0v) is 21.7. The van der Waals surface area contributed by atoms with Crippen molar-refractivity contribution >= 4 is 32.3 Å². The zero-order chi connectivity index (χ0) is 27.6. The first-order valence-electron chi connectivity index (χ1n) is 11.6. The van der Waals surface area contributed by atoms with Crippen molar-refractivity contribution in [2.24, 2.45) is 0 Å². The maximum atomic E-state index is 12.7. The van der Waals surface area contributed by atoms with Crippen LogP contribution in [0.15, 0.2) is 77.3 Å². The Hall–Kier alpha value is -4.01. The van der Waals surface area contributed by atoms with Crippen molar-refractivity contribution in [1.29, 1.82) is 0 Å². The molecule has 0 saturated heterocycles. The maximum absolute atomic E-state index is 12.7. The molecule has 14 heteroatoms. The molecule has 2 aromatic carbocycles. The predicted molar refractivity (Wildman–Crippen MR) is 141 cm³/mol. The summed E-state index contributed by atoms with van der Waals surface area (Å²) in [6, 6.07) is 11.8. The van der Waals surface area contributed by atoms with E-state index in [0.717, 1.165) is 40.5 Å². The summed E-state index contributed by atoms with van der Waals surface area (Å²) < 4.78 is 67.3. The lowest BCUT2D eigenvalue weighted by Gasteiger charge is -2.10. The summed E-state index contributed by atoms with van der Waals surface area (Å²) in [5.74, 6) is 0.483. The summed E-state index contributed by atoms with van der Waals surface area (Å²) >= 11 is 1.48. The van der Waals surface area contributed by atoms with E-state index in [4.69, 9.17) is 4.98 Å². The van der Waals surface area contributed by atoms with Gasteiger partial charge >= 0.3 is 6.18 Å². The van der Waals surface area contributed by atoms with Crippen LogP contribution in [0.1, 0.15) is 12.0 Å². The van der Waals surface area contributed by atoms with Crippen LogP contribution in [0.2, 0.25) is 0 Å². The summed E-state index contributed by atoms with van der Waals surface area (Å²) in [5, 5.41) is 14.6. The number of alkyl halides is 3. The van der Waals surface area contributed by atoms with Gasteiger partial charge in [0.05, 0.1) is 21.8 Å². The van der Waals surface area contributed by atoms with Crippen molar-refractivity contribution in [3.8, 4) is 28.4 Å². The minimum absolute atomic E-state index is 0.0548. The number of sulfonamides is 1. The van der Waals surface area contributed by atoms with Gasteiger partial charge in [0.15, 0.2) is 4.96 Å². The first-order chi connectivity index (χ1) is 18.6. The van der Waals surface area contributed by atoms with Crippen LogP contribution in [0.3, 0.4) is 0 Å². The van der Waals surface area contributed by atoms with E-state index >= 15 is 0 Å². The molecule has 0 aliphatic carbocycles. The Morgan fingerprint density at radius 1 is 0.974 bits per heavy atom. The highest BCUT2D eigenvalue weighted by Crippen LogP contribution is 2.34. The average Bonchev–Trinajstić information content (AvgIpc) is 3.50. The molecule has 0 atom stereocenters. The number of imidazole rings is 1. The molecule has 0 aliphatic heterocycles. The van der Waals surface area contributed by atoms with Gasteiger partial charge in [0, 0.05) is 36.4 Å². The van der Waals surface area contributed by atoms with Crippen LogP contribution >= 0.6 is 11.3 Å². The van der Waals surface area contributed by atoms with Crippen molar-refractivity contribution < 1.29 is 26.7 Å². The van der Waals surface area contributed by atoms with Gasteiger partial charge in [-0.3, -0.25) is 4.40 Å². The highest BCUT2D eigenvalue weighted by Gasteiger charge is 2.30. The van der Waals surface area contributed by atoms with Crippen LogP contribution in [0.5, 0.6) is 5.75 Å². The van der Waals surface area contributed by atoms with E-state index in [2.05, 4.69) is 20.0 Å². The number of aromatic nitrogens is 4. The molecule has 0 aliphatic rings. The number of anilines is 1. The van der Waals surface area contributed by atoms with Gasteiger partial charge < -0.3 is 10.4 Å². The van der Waals surface area contributed by atoms with E-state index in [9.17, 15) is 26.7 Å². The Balaban J connectivity index is 1.24. The number of halogens is 3. The summed E-state index contributed by atoms with van der Waals surface area (Å²) in [6.45, 7) is 0.392. The van der Waals surface area contributed by atoms with Crippen molar-refractivity contribution in [3.63, 3.8) is 0 Å². The fourth-order valence-electron chi connectivity index (χ4n) is 3.83. The molecule has 3 N–H and O–H groups in total. The standard InChI is InChI=1S/C25H21F3N6O3S2/c26-25(27,28)17-4-8-19(9-5-17)39(36,37)31-12-1-11-29-23-30-13-10-20(32-23)22-21(16-2-6-18(35)7-3-16)33-24-34(22)14-15-38-24/h2-10,13-15,31,35H,1,11-12H2,(H,29,30,32). The highest BCUT2D eigenvalue weighted by molar-refractivity contribution is 7.89. The molecule has 5 aromatic rings. The average molecular weight is 575 g/mol. The van der Waals surface area contributed by atoms with E-state index in [1.165, 1.54) is 11.3 Å². The van der Waals surface area contributed by atoms with Crippen LogP contribution in [-0.4, -0.2) is 46.0 Å². The van der Waals surface area contributed by atoms with E-state index in [0.29, 0.717) is 30.3 Å². The molecule has 9 nitrogen and oxygen atoms in total. The summed E-state index contributed by atoms with van der Waals surface area (Å²) in [6.07, 6.45) is -0.677. The molecule has 0 amide bonds.